The summed E-state index contributed by atoms with van der Waals surface area (Å²) in [6.45, 7) is 1.73. The number of rotatable bonds is 4. The third-order valence-electron chi connectivity index (χ3n) is 3.72. The Morgan fingerprint density at radius 3 is 2.32 bits per heavy atom. The van der Waals surface area contributed by atoms with Crippen molar-refractivity contribution >= 4 is 10.0 Å². The molecule has 2 aromatic carbocycles. The number of ether oxygens (including phenoxy) is 2. The second kappa shape index (κ2) is 6.23. The van der Waals surface area contributed by atoms with E-state index in [9.17, 15) is 21.6 Å². The Kier molecular flexibility index (Phi) is 4.38. The van der Waals surface area contributed by atoms with E-state index in [-0.39, 0.29) is 11.7 Å². The topological polar surface area (TPSA) is 64.6 Å². The van der Waals surface area contributed by atoms with Crippen molar-refractivity contribution in [1.29, 1.82) is 0 Å². The Hall–Kier alpha value is -2.26. The number of benzene rings is 2. The Bertz CT molecular complexity index is 879. The highest BCUT2D eigenvalue weighted by Crippen LogP contribution is 2.34. The lowest BCUT2D eigenvalue weighted by atomic mass is 10.1. The first-order chi connectivity index (χ1) is 11.7. The zero-order chi connectivity index (χ0) is 18.2. The average molecular weight is 373 g/mol. The number of hydrogen-bond acceptors (Lipinski definition) is 4. The molecule has 25 heavy (non-hydrogen) atoms. The fourth-order valence-corrected chi connectivity index (χ4v) is 3.61. The van der Waals surface area contributed by atoms with Crippen LogP contribution in [-0.2, 0) is 16.2 Å². The van der Waals surface area contributed by atoms with Gasteiger partial charge in [0.15, 0.2) is 11.5 Å². The minimum atomic E-state index is -4.52. The quantitative estimate of drug-likeness (QED) is 0.891. The van der Waals surface area contributed by atoms with Crippen molar-refractivity contribution in [3.8, 4) is 11.5 Å². The van der Waals surface area contributed by atoms with Crippen LogP contribution in [0.25, 0.3) is 0 Å². The molecular formula is C16H14F3NO4S. The Labute approximate surface area is 142 Å². The van der Waals surface area contributed by atoms with E-state index in [0.29, 0.717) is 17.1 Å². The van der Waals surface area contributed by atoms with Gasteiger partial charge in [0, 0.05) is 6.04 Å². The van der Waals surface area contributed by atoms with Crippen molar-refractivity contribution < 1.29 is 31.1 Å². The first kappa shape index (κ1) is 17.6. The van der Waals surface area contributed by atoms with Crippen LogP contribution in [0.4, 0.5) is 13.2 Å². The van der Waals surface area contributed by atoms with Gasteiger partial charge in [-0.25, -0.2) is 13.1 Å². The predicted octanol–water partition coefficient (Wildman–Crippen LogP) is 3.47. The molecular weight excluding hydrogens is 359 g/mol. The van der Waals surface area contributed by atoms with Crippen molar-refractivity contribution in [2.45, 2.75) is 24.0 Å². The number of alkyl halides is 3. The Morgan fingerprint density at radius 2 is 1.68 bits per heavy atom. The van der Waals surface area contributed by atoms with Crippen LogP contribution < -0.4 is 14.2 Å². The van der Waals surface area contributed by atoms with Gasteiger partial charge >= 0.3 is 6.18 Å². The van der Waals surface area contributed by atoms with Crippen LogP contribution in [0.5, 0.6) is 11.5 Å². The van der Waals surface area contributed by atoms with Crippen molar-refractivity contribution in [2.75, 3.05) is 6.79 Å². The molecule has 134 valence electrons. The van der Waals surface area contributed by atoms with Crippen LogP contribution in [-0.4, -0.2) is 15.2 Å². The number of sulfonamides is 1. The Balaban J connectivity index is 1.79. The molecule has 9 heteroatoms. The van der Waals surface area contributed by atoms with E-state index in [1.54, 1.807) is 25.1 Å². The molecule has 0 saturated carbocycles. The molecule has 0 aliphatic carbocycles. The first-order valence-corrected chi connectivity index (χ1v) is 8.74. The SMILES string of the molecule is CC(NS(=O)(=O)c1ccc(C(F)(F)F)cc1)c1ccc2c(c1)OCO2. The molecule has 0 aromatic heterocycles. The van der Waals surface area contributed by atoms with Gasteiger partial charge in [-0.15, -0.1) is 0 Å². The molecule has 0 amide bonds. The van der Waals surface area contributed by atoms with Crippen LogP contribution in [0.1, 0.15) is 24.1 Å². The lowest BCUT2D eigenvalue weighted by Crippen LogP contribution is -2.27. The first-order valence-electron chi connectivity index (χ1n) is 7.26. The molecule has 2 aromatic rings. The molecule has 1 heterocycles. The van der Waals surface area contributed by atoms with Crippen LogP contribution >= 0.6 is 0 Å². The summed E-state index contributed by atoms with van der Waals surface area (Å²) in [6.07, 6.45) is -4.52. The lowest BCUT2D eigenvalue weighted by Gasteiger charge is -2.15. The van der Waals surface area contributed by atoms with E-state index in [4.69, 9.17) is 9.47 Å². The van der Waals surface area contributed by atoms with E-state index >= 15 is 0 Å². The highest BCUT2D eigenvalue weighted by Gasteiger charge is 2.31. The van der Waals surface area contributed by atoms with E-state index in [1.807, 2.05) is 0 Å². The summed E-state index contributed by atoms with van der Waals surface area (Å²) in [7, 11) is -3.97. The summed E-state index contributed by atoms with van der Waals surface area (Å²) in [6, 6.07) is 7.73. The van der Waals surface area contributed by atoms with E-state index in [2.05, 4.69) is 4.72 Å². The van der Waals surface area contributed by atoms with Gasteiger partial charge in [0.2, 0.25) is 16.8 Å². The third-order valence-corrected chi connectivity index (χ3v) is 5.28. The van der Waals surface area contributed by atoms with Crippen molar-refractivity contribution in [1.82, 2.24) is 4.72 Å². The van der Waals surface area contributed by atoms with Gasteiger partial charge in [-0.2, -0.15) is 13.2 Å². The standard InChI is InChI=1S/C16H14F3NO4S/c1-10(11-2-7-14-15(8-11)24-9-23-14)20-25(21,22)13-5-3-12(4-6-13)16(17,18)19/h2-8,10,20H,9H2,1H3. The van der Waals surface area contributed by atoms with Gasteiger partial charge in [-0.05, 0) is 48.9 Å². The van der Waals surface area contributed by atoms with E-state index < -0.39 is 27.8 Å². The van der Waals surface area contributed by atoms with Crippen LogP contribution in [0.15, 0.2) is 47.4 Å². The average Bonchev–Trinajstić information content (AvgIpc) is 3.01. The van der Waals surface area contributed by atoms with Gasteiger partial charge in [-0.3, -0.25) is 0 Å². The molecule has 0 bridgehead atoms. The number of halogens is 3. The molecule has 0 spiro atoms. The van der Waals surface area contributed by atoms with Gasteiger partial charge < -0.3 is 9.47 Å². The third kappa shape index (κ3) is 3.72. The van der Waals surface area contributed by atoms with Crippen LogP contribution in [0.2, 0.25) is 0 Å². The lowest BCUT2D eigenvalue weighted by molar-refractivity contribution is -0.137. The molecule has 1 N–H and O–H groups in total. The second-order valence-electron chi connectivity index (χ2n) is 5.48. The maximum absolute atomic E-state index is 12.6. The molecule has 0 fully saturated rings. The Morgan fingerprint density at radius 1 is 1.04 bits per heavy atom. The fourth-order valence-electron chi connectivity index (χ4n) is 2.37. The summed E-state index contributed by atoms with van der Waals surface area (Å²) in [5.74, 6) is 1.08. The van der Waals surface area contributed by atoms with Crippen LogP contribution in [0, 0.1) is 0 Å². The number of nitrogens with one attached hydrogen (secondary N) is 1. The van der Waals surface area contributed by atoms with Gasteiger partial charge in [0.1, 0.15) is 0 Å². The summed E-state index contributed by atoms with van der Waals surface area (Å²) >= 11 is 0. The summed E-state index contributed by atoms with van der Waals surface area (Å²) in [4.78, 5) is -0.243. The number of fused-ring (bicyclic) bond motifs is 1. The summed E-state index contributed by atoms with van der Waals surface area (Å²) in [5, 5.41) is 0. The predicted molar refractivity (Wildman–Crippen MR) is 82.7 cm³/mol. The fraction of sp³-hybridized carbons (Fsp3) is 0.250. The smallest absolute Gasteiger partial charge is 0.416 e. The van der Waals surface area contributed by atoms with Crippen molar-refractivity contribution in [3.63, 3.8) is 0 Å². The maximum atomic E-state index is 12.6. The normalized spacial score (nSPS) is 15.2. The van der Waals surface area contributed by atoms with Gasteiger partial charge in [0.05, 0.1) is 10.5 Å². The van der Waals surface area contributed by atoms with Crippen molar-refractivity contribution in [2.24, 2.45) is 0 Å². The minimum absolute atomic E-state index is 0.102. The highest BCUT2D eigenvalue weighted by molar-refractivity contribution is 7.89. The van der Waals surface area contributed by atoms with Crippen LogP contribution in [0.3, 0.4) is 0 Å². The highest BCUT2D eigenvalue weighted by atomic mass is 32.2. The maximum Gasteiger partial charge on any atom is 0.416 e. The second-order valence-corrected chi connectivity index (χ2v) is 7.19. The van der Waals surface area contributed by atoms with Gasteiger partial charge in [0.25, 0.3) is 0 Å². The molecule has 1 aliphatic rings. The molecule has 1 aliphatic heterocycles. The van der Waals surface area contributed by atoms with E-state index in [0.717, 1.165) is 24.3 Å². The minimum Gasteiger partial charge on any atom is -0.454 e. The monoisotopic (exact) mass is 373 g/mol. The zero-order valence-corrected chi connectivity index (χ0v) is 13.8. The zero-order valence-electron chi connectivity index (χ0n) is 13.0. The van der Waals surface area contributed by atoms with E-state index in [1.165, 1.54) is 0 Å². The molecule has 5 nitrogen and oxygen atoms in total. The molecule has 3 rings (SSSR count). The summed E-state index contributed by atoms with van der Waals surface area (Å²) in [5.41, 5.74) is -0.269. The largest absolute Gasteiger partial charge is 0.454 e. The summed E-state index contributed by atoms with van der Waals surface area (Å²) < 4.78 is 75.3. The molecule has 1 atom stereocenters. The van der Waals surface area contributed by atoms with Gasteiger partial charge in [-0.1, -0.05) is 6.07 Å². The molecule has 0 radical (unpaired) electrons. The number of hydrogen-bond donors (Lipinski definition) is 1. The molecule has 0 saturated heterocycles. The van der Waals surface area contributed by atoms with Crippen molar-refractivity contribution in [3.05, 3.63) is 53.6 Å². The molecule has 1 unspecified atom stereocenters.